The summed E-state index contributed by atoms with van der Waals surface area (Å²) in [7, 11) is 1.60. The number of methoxy groups -OCH3 is 1. The Kier molecular flexibility index (Phi) is 6.17. The van der Waals surface area contributed by atoms with E-state index in [9.17, 15) is 9.59 Å². The molecular weight excluding hydrogens is 318 g/mol. The maximum Gasteiger partial charge on any atom is 0.303 e. The number of benzene rings is 2. The van der Waals surface area contributed by atoms with Gasteiger partial charge in [-0.25, -0.2) is 0 Å². The summed E-state index contributed by atoms with van der Waals surface area (Å²) in [4.78, 5) is 23.6. The van der Waals surface area contributed by atoms with E-state index < -0.39 is 5.97 Å². The van der Waals surface area contributed by atoms with Gasteiger partial charge in [0.2, 0.25) is 0 Å². The number of aryl methyl sites for hydroxylation is 2. The van der Waals surface area contributed by atoms with Crippen molar-refractivity contribution in [1.29, 1.82) is 0 Å². The molecule has 0 aliphatic carbocycles. The van der Waals surface area contributed by atoms with Crippen LogP contribution < -0.4 is 10.1 Å². The summed E-state index contributed by atoms with van der Waals surface area (Å²) in [6, 6.07) is 12.6. The molecule has 1 unspecified atom stereocenters. The maximum atomic E-state index is 12.7. The van der Waals surface area contributed by atoms with Gasteiger partial charge in [-0.1, -0.05) is 30.3 Å². The minimum Gasteiger partial charge on any atom is -0.496 e. The molecule has 2 N–H and O–H groups in total. The Hall–Kier alpha value is -2.82. The van der Waals surface area contributed by atoms with E-state index in [2.05, 4.69) is 5.32 Å². The molecule has 0 bridgehead atoms. The molecule has 2 aromatic carbocycles. The summed E-state index contributed by atoms with van der Waals surface area (Å²) >= 11 is 0. The number of ether oxygens (including phenoxy) is 1. The number of nitrogens with one attached hydrogen (secondary N) is 1. The van der Waals surface area contributed by atoms with Gasteiger partial charge in [0.1, 0.15) is 5.75 Å². The molecule has 0 aromatic heterocycles. The van der Waals surface area contributed by atoms with Gasteiger partial charge in [-0.15, -0.1) is 0 Å². The van der Waals surface area contributed by atoms with E-state index in [1.54, 1.807) is 19.2 Å². The predicted molar refractivity (Wildman–Crippen MR) is 96.0 cm³/mol. The molecule has 0 aliphatic heterocycles. The van der Waals surface area contributed by atoms with Crippen molar-refractivity contribution in [1.82, 2.24) is 5.32 Å². The quantitative estimate of drug-likeness (QED) is 0.806. The number of hydrogen-bond donors (Lipinski definition) is 2. The molecule has 5 heteroatoms. The standard InChI is InChI=1S/C20H23NO4/c1-13-11-16(12-14(2)19(13)25-3)20(24)21-17(9-10-18(22)23)15-7-5-4-6-8-15/h4-8,11-12,17H,9-10H2,1-3H3,(H,21,24)(H,22,23). The minimum absolute atomic E-state index is 0.0134. The van der Waals surface area contributed by atoms with Crippen LogP contribution in [0.4, 0.5) is 0 Å². The van der Waals surface area contributed by atoms with Crippen LogP contribution in [0.15, 0.2) is 42.5 Å². The Morgan fingerprint density at radius 1 is 1.12 bits per heavy atom. The molecule has 0 aliphatic rings. The van der Waals surface area contributed by atoms with Crippen LogP contribution in [0.5, 0.6) is 5.75 Å². The van der Waals surface area contributed by atoms with Gasteiger partial charge < -0.3 is 15.2 Å². The molecule has 0 saturated carbocycles. The average Bonchev–Trinajstić information content (AvgIpc) is 2.58. The van der Waals surface area contributed by atoms with Gasteiger partial charge in [0.05, 0.1) is 13.2 Å². The lowest BCUT2D eigenvalue weighted by atomic mass is 10.0. The Balaban J connectivity index is 2.23. The lowest BCUT2D eigenvalue weighted by Gasteiger charge is -2.19. The van der Waals surface area contributed by atoms with Crippen LogP contribution in [0.2, 0.25) is 0 Å². The van der Waals surface area contributed by atoms with E-state index in [1.807, 2.05) is 44.2 Å². The van der Waals surface area contributed by atoms with E-state index in [-0.39, 0.29) is 18.4 Å². The number of carbonyl (C=O) groups excluding carboxylic acids is 1. The van der Waals surface area contributed by atoms with Crippen molar-refractivity contribution < 1.29 is 19.4 Å². The van der Waals surface area contributed by atoms with Crippen LogP contribution in [0.3, 0.4) is 0 Å². The maximum absolute atomic E-state index is 12.7. The monoisotopic (exact) mass is 341 g/mol. The van der Waals surface area contributed by atoms with Crippen molar-refractivity contribution in [3.8, 4) is 5.75 Å². The van der Waals surface area contributed by atoms with Gasteiger partial charge in [0.15, 0.2) is 0 Å². The number of aliphatic carboxylic acids is 1. The first-order valence-electron chi connectivity index (χ1n) is 8.15. The summed E-state index contributed by atoms with van der Waals surface area (Å²) in [6.07, 6.45) is 0.319. The number of carboxylic acids is 1. The van der Waals surface area contributed by atoms with Crippen LogP contribution >= 0.6 is 0 Å². The van der Waals surface area contributed by atoms with Gasteiger partial charge in [0.25, 0.3) is 5.91 Å². The van der Waals surface area contributed by atoms with Crippen molar-refractivity contribution >= 4 is 11.9 Å². The van der Waals surface area contributed by atoms with Crippen molar-refractivity contribution in [2.75, 3.05) is 7.11 Å². The topological polar surface area (TPSA) is 75.6 Å². The van der Waals surface area contributed by atoms with Gasteiger partial charge in [-0.2, -0.15) is 0 Å². The van der Waals surface area contributed by atoms with E-state index in [0.29, 0.717) is 12.0 Å². The molecule has 0 radical (unpaired) electrons. The summed E-state index contributed by atoms with van der Waals surface area (Å²) in [5, 5.41) is 11.9. The second-order valence-electron chi connectivity index (χ2n) is 6.01. The second kappa shape index (κ2) is 8.33. The molecule has 0 spiro atoms. The highest BCUT2D eigenvalue weighted by Gasteiger charge is 2.18. The van der Waals surface area contributed by atoms with Crippen LogP contribution in [-0.2, 0) is 4.79 Å². The summed E-state index contributed by atoms with van der Waals surface area (Å²) in [5.74, 6) is -0.346. The Morgan fingerprint density at radius 2 is 1.72 bits per heavy atom. The fourth-order valence-corrected chi connectivity index (χ4v) is 2.92. The third-order valence-corrected chi connectivity index (χ3v) is 4.08. The highest BCUT2D eigenvalue weighted by Crippen LogP contribution is 2.25. The van der Waals surface area contributed by atoms with Crippen molar-refractivity contribution in [3.05, 3.63) is 64.7 Å². The van der Waals surface area contributed by atoms with Crippen molar-refractivity contribution in [2.45, 2.75) is 32.7 Å². The first kappa shape index (κ1) is 18.5. The number of carbonyl (C=O) groups is 2. The predicted octanol–water partition coefficient (Wildman–Crippen LogP) is 3.65. The third kappa shape index (κ3) is 4.83. The molecule has 0 heterocycles. The Bertz CT molecular complexity index is 733. The molecule has 2 aromatic rings. The van der Waals surface area contributed by atoms with Crippen LogP contribution in [-0.4, -0.2) is 24.1 Å². The molecule has 132 valence electrons. The zero-order chi connectivity index (χ0) is 18.4. The highest BCUT2D eigenvalue weighted by molar-refractivity contribution is 5.95. The zero-order valence-corrected chi connectivity index (χ0v) is 14.7. The summed E-state index contributed by atoms with van der Waals surface area (Å²) in [6.45, 7) is 3.78. The SMILES string of the molecule is COc1c(C)cc(C(=O)NC(CCC(=O)O)c2ccccc2)cc1C. The minimum atomic E-state index is -0.883. The van der Waals surface area contributed by atoms with E-state index >= 15 is 0 Å². The lowest BCUT2D eigenvalue weighted by Crippen LogP contribution is -2.29. The molecule has 0 saturated heterocycles. The van der Waals surface area contributed by atoms with Gasteiger partial charge in [-0.05, 0) is 49.1 Å². The molecular formula is C20H23NO4. The Morgan fingerprint density at radius 3 is 2.24 bits per heavy atom. The fourth-order valence-electron chi connectivity index (χ4n) is 2.92. The van der Waals surface area contributed by atoms with Gasteiger partial charge in [-0.3, -0.25) is 9.59 Å². The number of amides is 1. The van der Waals surface area contributed by atoms with Gasteiger partial charge >= 0.3 is 5.97 Å². The summed E-state index contributed by atoms with van der Waals surface area (Å²) < 4.78 is 5.33. The van der Waals surface area contributed by atoms with Crippen molar-refractivity contribution in [2.24, 2.45) is 0 Å². The Labute approximate surface area is 147 Å². The molecule has 25 heavy (non-hydrogen) atoms. The zero-order valence-electron chi connectivity index (χ0n) is 14.7. The molecule has 2 rings (SSSR count). The number of carboxylic acid groups (broad SMARTS) is 1. The van der Waals surface area contributed by atoms with Crippen LogP contribution in [0.1, 0.15) is 45.9 Å². The normalized spacial score (nSPS) is 11.6. The number of rotatable bonds is 7. The lowest BCUT2D eigenvalue weighted by molar-refractivity contribution is -0.137. The third-order valence-electron chi connectivity index (χ3n) is 4.08. The van der Waals surface area contributed by atoms with Gasteiger partial charge in [0, 0.05) is 12.0 Å². The van der Waals surface area contributed by atoms with Crippen molar-refractivity contribution in [3.63, 3.8) is 0 Å². The second-order valence-corrected chi connectivity index (χ2v) is 6.01. The average molecular weight is 341 g/mol. The fraction of sp³-hybridized carbons (Fsp3) is 0.300. The van der Waals surface area contributed by atoms with E-state index in [0.717, 1.165) is 22.4 Å². The first-order valence-corrected chi connectivity index (χ1v) is 8.15. The van der Waals surface area contributed by atoms with Crippen LogP contribution in [0, 0.1) is 13.8 Å². The van der Waals surface area contributed by atoms with E-state index in [4.69, 9.17) is 9.84 Å². The number of hydrogen-bond acceptors (Lipinski definition) is 3. The summed E-state index contributed by atoms with van der Waals surface area (Å²) in [5.41, 5.74) is 3.19. The van der Waals surface area contributed by atoms with Crippen LogP contribution in [0.25, 0.3) is 0 Å². The molecule has 0 fully saturated rings. The highest BCUT2D eigenvalue weighted by atomic mass is 16.5. The molecule has 1 atom stereocenters. The molecule has 1 amide bonds. The molecule has 5 nitrogen and oxygen atoms in total. The van der Waals surface area contributed by atoms with E-state index in [1.165, 1.54) is 0 Å². The first-order chi connectivity index (χ1) is 11.9. The smallest absolute Gasteiger partial charge is 0.303 e. The largest absolute Gasteiger partial charge is 0.496 e.